The Morgan fingerprint density at radius 1 is 0.564 bits per heavy atom. The van der Waals surface area contributed by atoms with E-state index in [1.54, 1.807) is 34.0 Å². The third kappa shape index (κ3) is 28.9. The lowest BCUT2D eigenvalue weighted by molar-refractivity contribution is -0.144. The summed E-state index contributed by atoms with van der Waals surface area (Å²) in [6.45, 7) is 8.90. The number of H-pyrrole nitrogens is 1. The number of hydrogen-bond acceptors (Lipinski definition) is 23. The van der Waals surface area contributed by atoms with Crippen LogP contribution in [0.1, 0.15) is 138 Å². The van der Waals surface area contributed by atoms with Crippen LogP contribution in [0.5, 0.6) is 0 Å². The molecule has 1 aromatic rings. The predicted octanol–water partition coefficient (Wildman–Crippen LogP) is -9.24. The third-order valence-electron chi connectivity index (χ3n) is 18.3. The summed E-state index contributed by atoms with van der Waals surface area (Å²) >= 11 is 1.29. The van der Waals surface area contributed by atoms with Crippen molar-refractivity contribution in [2.75, 3.05) is 51.3 Å². The Bertz CT molecular complexity index is 3450. The molecule has 3 aliphatic rings. The molecule has 0 aromatic carbocycles. The molecule has 4 rings (SSSR count). The van der Waals surface area contributed by atoms with E-state index in [0.717, 1.165) is 9.80 Å². The maximum absolute atomic E-state index is 14.8. The Morgan fingerprint density at radius 2 is 1.07 bits per heavy atom. The zero-order chi connectivity index (χ0) is 82.4. The van der Waals surface area contributed by atoms with Gasteiger partial charge in [-0.1, -0.05) is 27.7 Å². The summed E-state index contributed by atoms with van der Waals surface area (Å²) in [5.41, 5.74) is 33.2. The van der Waals surface area contributed by atoms with Gasteiger partial charge in [-0.25, -0.2) is 4.98 Å². The zero-order valence-electron chi connectivity index (χ0n) is 63.3. The molecule has 15 atom stereocenters. The number of aliphatic imine (C=N–C) groups is 1. The number of nitrogens with one attached hydrogen (secondary N) is 12. The number of hydrogen-bond donors (Lipinski definition) is 20. The summed E-state index contributed by atoms with van der Waals surface area (Å²) in [6, 6.07) is -19.3. The molecule has 0 bridgehead atoms. The number of carbonyl (C=O) groups is 17. The van der Waals surface area contributed by atoms with E-state index >= 15 is 0 Å². The number of aliphatic hydroxyl groups excluding tert-OH is 2. The second-order valence-electron chi connectivity index (χ2n) is 28.2. The van der Waals surface area contributed by atoms with Crippen molar-refractivity contribution < 1.29 is 91.7 Å². The predicted molar refractivity (Wildman–Crippen MR) is 396 cm³/mol. The van der Waals surface area contributed by atoms with Gasteiger partial charge >= 0.3 is 0 Å². The molecule has 26 N–H and O–H groups in total. The summed E-state index contributed by atoms with van der Waals surface area (Å²) in [5.74, 6) is -15.9. The fraction of sp³-hybridized carbons (Fsp3) is 0.687. The lowest BCUT2D eigenvalue weighted by atomic mass is 10.0. The number of aliphatic hydroxyl groups is 2. The van der Waals surface area contributed by atoms with Crippen molar-refractivity contribution in [3.05, 3.63) is 18.2 Å². The first kappa shape index (κ1) is 92.1. The van der Waals surface area contributed by atoms with Crippen molar-refractivity contribution in [1.82, 2.24) is 83.2 Å². The van der Waals surface area contributed by atoms with E-state index in [0.29, 0.717) is 12.1 Å². The Labute approximate surface area is 640 Å². The number of primary amides is 3. The van der Waals surface area contributed by atoms with Gasteiger partial charge < -0.3 is 123 Å². The molecule has 0 saturated carbocycles. The summed E-state index contributed by atoms with van der Waals surface area (Å²) in [5, 5.41) is 49.1. The molecule has 3 saturated heterocycles. The molecule has 3 aliphatic heterocycles. The maximum atomic E-state index is 14.8. The number of amides is 17. The SMILES string of the molecule is CSCC[C@H](NC(=O)[C@@H](NC(=O)[C@@H]1CCCN1C(=O)[C@H](CO)NC(=O)[C@H](CC(C)C)NC(=O)[C@H](CCCN=C(N)N)NC(=O)[C@H](C)N)[C@@H](C)O)C(=O)N[C@H](C(=O)N[C@@H](Cc1cnc[nH]1)C(=O)N1CCC[C@H]1C(=O)N[C@@H](CC(N)=O)C(=O)NCC(=O)N[C@@H](C)C(=O)N[C@@H](CCC(N)=O)C(=O)N1CCC[C@H]1C(N)=O)C(C)C. The summed E-state index contributed by atoms with van der Waals surface area (Å²) in [6.07, 6.45) is 2.65. The Morgan fingerprint density at radius 3 is 1.60 bits per heavy atom. The minimum Gasteiger partial charge on any atom is -0.394 e. The molecule has 4 heterocycles. The van der Waals surface area contributed by atoms with E-state index in [9.17, 15) is 91.7 Å². The second-order valence-corrected chi connectivity index (χ2v) is 29.1. The number of carbonyl (C=O) groups excluding carboxylic acids is 17. The number of guanidine groups is 1. The molecule has 42 nitrogen and oxygen atoms in total. The summed E-state index contributed by atoms with van der Waals surface area (Å²) in [7, 11) is 0. The second kappa shape index (κ2) is 45.0. The molecule has 1 aromatic heterocycles. The number of aromatic nitrogens is 2. The van der Waals surface area contributed by atoms with E-state index < -0.39 is 217 Å². The van der Waals surface area contributed by atoms with Gasteiger partial charge in [0.1, 0.15) is 78.5 Å². The van der Waals surface area contributed by atoms with Crippen LogP contribution in [0.25, 0.3) is 0 Å². The number of nitrogens with two attached hydrogens (primary N) is 6. The standard InChI is InChI=1S/C67H111N23O19S/c1-32(2)25-41(82-57(100)38(79-54(97)34(5)68)13-9-20-75-67(72)73)59(102)85-44(30-91)66(109)90-23-12-16-47(90)61(104)87-52(36(7)92)63(106)80-39(19-24-110-8)58(101)86-51(33(3)4)62(105)84-43(26-37-28-74-31-77-37)65(108)89-22-11-15-46(89)60(103)83-42(27-49(70)94)56(99)76-29-50(95)78-35(6)55(98)81-40(17-18-48(69)93)64(107)88-21-10-14-45(88)53(71)96/h28,31-36,38-47,51-52,91-92H,9-27,29-30,68H2,1-8H3,(H2,69,93)(H2,70,94)(H2,71,96)(H,74,77)(H,76,99)(H,78,95)(H,79,97)(H,80,106)(H,81,98)(H,82,100)(H,83,103)(H,84,105)(H,85,102)(H,86,101)(H,87,104)(H4,72,73,75)/t34-,35-,36+,38-,39-,40-,41-,42-,43-,44-,45-,46-,47-,51-,52-/m0/s1. The average molecular weight is 1570 g/mol. The molecular formula is C67H111N23O19S. The maximum Gasteiger partial charge on any atom is 0.248 e. The number of rotatable bonds is 45. The van der Waals surface area contributed by atoms with Crippen LogP contribution in [0.2, 0.25) is 0 Å². The highest BCUT2D eigenvalue weighted by Crippen LogP contribution is 2.24. The molecule has 0 unspecified atom stereocenters. The van der Waals surface area contributed by atoms with E-state index in [4.69, 9.17) is 34.4 Å². The van der Waals surface area contributed by atoms with Gasteiger partial charge in [0.2, 0.25) is 100 Å². The van der Waals surface area contributed by atoms with Gasteiger partial charge in [-0.15, -0.1) is 0 Å². The highest BCUT2D eigenvalue weighted by Gasteiger charge is 2.44. The monoisotopic (exact) mass is 1570 g/mol. The molecular weight excluding hydrogens is 1460 g/mol. The van der Waals surface area contributed by atoms with Gasteiger partial charge in [-0.2, -0.15) is 11.8 Å². The Balaban J connectivity index is 1.45. The minimum atomic E-state index is -1.77. The Kier molecular flexibility index (Phi) is 37.7. The number of likely N-dealkylation sites (tertiary alicyclic amines) is 3. The van der Waals surface area contributed by atoms with Crippen LogP contribution < -0.4 is 92.9 Å². The minimum absolute atomic E-state index is 0.0192. The largest absolute Gasteiger partial charge is 0.394 e. The lowest BCUT2D eigenvalue weighted by Gasteiger charge is -2.32. The van der Waals surface area contributed by atoms with Gasteiger partial charge in [0.05, 0.1) is 38.0 Å². The first-order valence-electron chi connectivity index (χ1n) is 36.4. The highest BCUT2D eigenvalue weighted by molar-refractivity contribution is 7.98. The average Bonchev–Trinajstić information content (AvgIpc) is 1.62. The van der Waals surface area contributed by atoms with Gasteiger partial charge in [-0.05, 0) is 115 Å². The van der Waals surface area contributed by atoms with E-state index in [1.807, 2.05) is 0 Å². The van der Waals surface area contributed by atoms with Crippen molar-refractivity contribution >= 4 is 118 Å². The van der Waals surface area contributed by atoms with E-state index in [1.165, 1.54) is 50.0 Å². The first-order chi connectivity index (χ1) is 51.8. The Hall–Kier alpha value is -10.3. The van der Waals surface area contributed by atoms with Crippen LogP contribution in [-0.4, -0.2) is 283 Å². The van der Waals surface area contributed by atoms with E-state index in [2.05, 4.69) is 73.4 Å². The van der Waals surface area contributed by atoms with Crippen molar-refractivity contribution in [3.63, 3.8) is 0 Å². The highest BCUT2D eigenvalue weighted by atomic mass is 32.2. The van der Waals surface area contributed by atoms with Crippen LogP contribution >= 0.6 is 11.8 Å². The van der Waals surface area contributed by atoms with Gasteiger partial charge in [0.15, 0.2) is 5.96 Å². The van der Waals surface area contributed by atoms with Crippen LogP contribution in [-0.2, 0) is 87.9 Å². The van der Waals surface area contributed by atoms with Gasteiger partial charge in [-0.3, -0.25) is 86.5 Å². The number of nitrogens with zero attached hydrogens (tertiary/aromatic N) is 5. The molecule has 0 spiro atoms. The van der Waals surface area contributed by atoms with Crippen molar-refractivity contribution in [2.24, 2.45) is 51.2 Å². The number of aromatic amines is 1. The first-order valence-corrected chi connectivity index (χ1v) is 37.8. The third-order valence-corrected chi connectivity index (χ3v) is 19.0. The van der Waals surface area contributed by atoms with Crippen LogP contribution in [0.15, 0.2) is 17.5 Å². The molecule has 0 aliphatic carbocycles. The molecule has 17 amide bonds. The molecule has 0 radical (unpaired) electrons. The topological polar surface area (TPSA) is 670 Å². The fourth-order valence-electron chi connectivity index (χ4n) is 12.5. The van der Waals surface area contributed by atoms with Crippen LogP contribution in [0.3, 0.4) is 0 Å². The van der Waals surface area contributed by atoms with E-state index in [-0.39, 0.29) is 121 Å². The normalized spacial score (nSPS) is 18.7. The van der Waals surface area contributed by atoms with Gasteiger partial charge in [0.25, 0.3) is 0 Å². The molecule has 614 valence electrons. The number of imidazole rings is 1. The number of thioether (sulfide) groups is 1. The van der Waals surface area contributed by atoms with Crippen LogP contribution in [0.4, 0.5) is 0 Å². The van der Waals surface area contributed by atoms with Crippen LogP contribution in [0, 0.1) is 11.8 Å². The smallest absolute Gasteiger partial charge is 0.248 e. The molecule has 43 heteroatoms. The quantitative estimate of drug-likeness (QED) is 0.0164. The molecule has 110 heavy (non-hydrogen) atoms. The van der Waals surface area contributed by atoms with Crippen molar-refractivity contribution in [1.29, 1.82) is 0 Å². The molecule has 3 fully saturated rings. The lowest BCUT2D eigenvalue weighted by Crippen LogP contribution is -2.62. The zero-order valence-corrected chi connectivity index (χ0v) is 64.1. The van der Waals surface area contributed by atoms with Gasteiger partial charge in [0, 0.05) is 50.9 Å². The fourth-order valence-corrected chi connectivity index (χ4v) is 13.0. The van der Waals surface area contributed by atoms with Crippen molar-refractivity contribution in [2.45, 2.75) is 229 Å². The summed E-state index contributed by atoms with van der Waals surface area (Å²) < 4.78 is 0. The van der Waals surface area contributed by atoms with Crippen molar-refractivity contribution in [3.8, 4) is 0 Å². The summed E-state index contributed by atoms with van der Waals surface area (Å²) in [4.78, 5) is 245.